The van der Waals surface area contributed by atoms with Crippen LogP contribution >= 0.6 is 0 Å². The summed E-state index contributed by atoms with van der Waals surface area (Å²) >= 11 is 0. The minimum Gasteiger partial charge on any atom is -0.462 e. The SMILES string of the molecule is CCCCCOC(=O)c1ccccc1[S+](c1ccccc1)c1ccccc1. The van der Waals surface area contributed by atoms with Crippen molar-refractivity contribution >= 4 is 16.9 Å². The fourth-order valence-electron chi connectivity index (χ4n) is 2.91. The third kappa shape index (κ3) is 5.01. The lowest BCUT2D eigenvalue weighted by Crippen LogP contribution is -2.14. The quantitative estimate of drug-likeness (QED) is 0.268. The van der Waals surface area contributed by atoms with E-state index in [4.69, 9.17) is 4.74 Å². The third-order valence-corrected chi connectivity index (χ3v) is 6.55. The molecule has 0 radical (unpaired) electrons. The Kier molecular flexibility index (Phi) is 7.11. The van der Waals surface area contributed by atoms with Gasteiger partial charge in [0.1, 0.15) is 16.5 Å². The smallest absolute Gasteiger partial charge is 0.343 e. The monoisotopic (exact) mass is 377 g/mol. The van der Waals surface area contributed by atoms with Gasteiger partial charge in [0.25, 0.3) is 0 Å². The molecule has 0 fully saturated rings. The predicted octanol–water partition coefficient (Wildman–Crippen LogP) is 6.13. The summed E-state index contributed by atoms with van der Waals surface area (Å²) in [5.41, 5.74) is 0.657. The maximum Gasteiger partial charge on any atom is 0.343 e. The molecule has 0 aromatic heterocycles. The van der Waals surface area contributed by atoms with Crippen molar-refractivity contribution in [1.82, 2.24) is 0 Å². The lowest BCUT2D eigenvalue weighted by Gasteiger charge is -2.11. The number of benzene rings is 3. The fourth-order valence-corrected chi connectivity index (χ4v) is 5.14. The van der Waals surface area contributed by atoms with Crippen LogP contribution in [0.2, 0.25) is 0 Å². The second-order valence-electron chi connectivity index (χ2n) is 6.27. The molecule has 3 rings (SSSR count). The summed E-state index contributed by atoms with van der Waals surface area (Å²) in [5.74, 6) is -0.230. The van der Waals surface area contributed by atoms with Crippen LogP contribution in [-0.2, 0) is 15.6 Å². The molecule has 0 saturated heterocycles. The maximum atomic E-state index is 12.8. The van der Waals surface area contributed by atoms with Gasteiger partial charge in [-0.25, -0.2) is 4.79 Å². The van der Waals surface area contributed by atoms with E-state index in [0.29, 0.717) is 12.2 Å². The molecule has 3 aromatic rings. The molecule has 2 nitrogen and oxygen atoms in total. The van der Waals surface area contributed by atoms with E-state index in [0.717, 1.165) is 24.2 Å². The van der Waals surface area contributed by atoms with Crippen LogP contribution in [0.1, 0.15) is 36.5 Å². The van der Waals surface area contributed by atoms with E-state index in [2.05, 4.69) is 31.2 Å². The molecular formula is C24H25O2S+. The largest absolute Gasteiger partial charge is 0.462 e. The van der Waals surface area contributed by atoms with Crippen molar-refractivity contribution in [3.05, 3.63) is 90.5 Å². The molecule has 0 aliphatic rings. The van der Waals surface area contributed by atoms with E-state index in [9.17, 15) is 4.79 Å². The number of ether oxygens (including phenoxy) is 1. The third-order valence-electron chi connectivity index (χ3n) is 4.27. The summed E-state index contributed by atoms with van der Waals surface area (Å²) in [4.78, 5) is 16.2. The molecule has 3 aromatic carbocycles. The minimum absolute atomic E-state index is 0.230. The van der Waals surface area contributed by atoms with Gasteiger partial charge in [0.2, 0.25) is 0 Å². The normalized spacial score (nSPS) is 10.7. The van der Waals surface area contributed by atoms with Crippen LogP contribution in [0.3, 0.4) is 0 Å². The topological polar surface area (TPSA) is 26.3 Å². The summed E-state index contributed by atoms with van der Waals surface area (Å²) in [6.07, 6.45) is 3.10. The number of rotatable bonds is 8. The van der Waals surface area contributed by atoms with Crippen molar-refractivity contribution in [3.8, 4) is 0 Å². The van der Waals surface area contributed by atoms with Crippen molar-refractivity contribution in [1.29, 1.82) is 0 Å². The van der Waals surface area contributed by atoms with Crippen LogP contribution in [0, 0.1) is 0 Å². The van der Waals surface area contributed by atoms with Crippen LogP contribution in [0.25, 0.3) is 0 Å². The molecule has 0 N–H and O–H groups in total. The van der Waals surface area contributed by atoms with Gasteiger partial charge in [0, 0.05) is 0 Å². The molecule has 0 spiro atoms. The van der Waals surface area contributed by atoms with E-state index in [-0.39, 0.29) is 16.9 Å². The Labute approximate surface area is 164 Å². The van der Waals surface area contributed by atoms with Gasteiger partial charge in [-0.2, -0.15) is 0 Å². The first kappa shape index (κ1) is 19.2. The van der Waals surface area contributed by atoms with Crippen LogP contribution < -0.4 is 0 Å². The first-order valence-electron chi connectivity index (χ1n) is 9.42. The minimum atomic E-state index is -0.357. The standard InChI is InChI=1S/C24H25O2S/c1-2-3-12-19-26-24(25)22-17-10-11-18-23(22)27(20-13-6-4-7-14-20)21-15-8-5-9-16-21/h4-11,13-18H,2-3,12,19H2,1H3/q+1. The summed E-state index contributed by atoms with van der Waals surface area (Å²) in [5, 5.41) is 0. The van der Waals surface area contributed by atoms with Crippen LogP contribution in [-0.4, -0.2) is 12.6 Å². The number of unbranched alkanes of at least 4 members (excludes halogenated alkanes) is 2. The van der Waals surface area contributed by atoms with E-state index in [1.807, 2.05) is 60.7 Å². The number of carbonyl (C=O) groups excluding carboxylic acids is 1. The zero-order chi connectivity index (χ0) is 18.9. The Bertz CT molecular complexity index is 807. The first-order chi connectivity index (χ1) is 13.3. The van der Waals surface area contributed by atoms with Crippen molar-refractivity contribution in [3.63, 3.8) is 0 Å². The predicted molar refractivity (Wildman–Crippen MR) is 111 cm³/mol. The van der Waals surface area contributed by atoms with Crippen LogP contribution in [0.15, 0.2) is 99.6 Å². The van der Waals surface area contributed by atoms with Crippen molar-refractivity contribution in [2.75, 3.05) is 6.61 Å². The van der Waals surface area contributed by atoms with Gasteiger partial charge in [-0.15, -0.1) is 0 Å². The second-order valence-corrected chi connectivity index (χ2v) is 8.27. The number of hydrogen-bond donors (Lipinski definition) is 0. The van der Waals surface area contributed by atoms with Crippen LogP contribution in [0.5, 0.6) is 0 Å². The maximum absolute atomic E-state index is 12.8. The lowest BCUT2D eigenvalue weighted by atomic mass is 10.2. The highest BCUT2D eigenvalue weighted by molar-refractivity contribution is 7.97. The van der Waals surface area contributed by atoms with Gasteiger partial charge in [-0.05, 0) is 42.8 Å². The molecule has 0 aliphatic heterocycles. The molecule has 0 aliphatic carbocycles. The highest BCUT2D eigenvalue weighted by atomic mass is 32.2. The zero-order valence-electron chi connectivity index (χ0n) is 15.6. The fraction of sp³-hybridized carbons (Fsp3) is 0.208. The molecule has 3 heteroatoms. The zero-order valence-corrected chi connectivity index (χ0v) is 16.5. The summed E-state index contributed by atoms with van der Waals surface area (Å²) < 4.78 is 5.56. The van der Waals surface area contributed by atoms with Crippen molar-refractivity contribution in [2.45, 2.75) is 40.9 Å². The Hall–Kier alpha value is -2.52. The Morgan fingerprint density at radius 3 is 1.93 bits per heavy atom. The summed E-state index contributed by atoms with van der Waals surface area (Å²) in [6, 6.07) is 28.5. The van der Waals surface area contributed by atoms with Gasteiger partial charge < -0.3 is 4.74 Å². The molecule has 0 heterocycles. The first-order valence-corrected chi connectivity index (χ1v) is 10.6. The Morgan fingerprint density at radius 2 is 1.33 bits per heavy atom. The van der Waals surface area contributed by atoms with Gasteiger partial charge >= 0.3 is 5.97 Å². The Balaban J connectivity index is 1.97. The van der Waals surface area contributed by atoms with Gasteiger partial charge in [-0.3, -0.25) is 0 Å². The molecule has 27 heavy (non-hydrogen) atoms. The highest BCUT2D eigenvalue weighted by Crippen LogP contribution is 2.33. The molecule has 0 amide bonds. The van der Waals surface area contributed by atoms with E-state index in [1.165, 1.54) is 9.79 Å². The second kappa shape index (κ2) is 9.98. The van der Waals surface area contributed by atoms with E-state index < -0.39 is 0 Å². The average Bonchev–Trinajstić information content (AvgIpc) is 2.73. The van der Waals surface area contributed by atoms with Crippen LogP contribution in [0.4, 0.5) is 0 Å². The molecule has 0 bridgehead atoms. The lowest BCUT2D eigenvalue weighted by molar-refractivity contribution is 0.0494. The van der Waals surface area contributed by atoms with Gasteiger partial charge in [0.15, 0.2) is 14.7 Å². The molecule has 0 unspecified atom stereocenters. The summed E-state index contributed by atoms with van der Waals surface area (Å²) in [6.45, 7) is 2.62. The van der Waals surface area contributed by atoms with Crippen molar-refractivity contribution in [2.24, 2.45) is 0 Å². The summed E-state index contributed by atoms with van der Waals surface area (Å²) in [7, 11) is -0.357. The highest BCUT2D eigenvalue weighted by Gasteiger charge is 2.33. The molecular weight excluding hydrogens is 352 g/mol. The van der Waals surface area contributed by atoms with E-state index >= 15 is 0 Å². The number of esters is 1. The van der Waals surface area contributed by atoms with Gasteiger partial charge in [0.05, 0.1) is 6.61 Å². The molecule has 0 atom stereocenters. The molecule has 0 saturated carbocycles. The van der Waals surface area contributed by atoms with Crippen molar-refractivity contribution < 1.29 is 9.53 Å². The number of carbonyl (C=O) groups is 1. The Morgan fingerprint density at radius 1 is 0.778 bits per heavy atom. The van der Waals surface area contributed by atoms with Gasteiger partial charge in [-0.1, -0.05) is 68.3 Å². The van der Waals surface area contributed by atoms with E-state index in [1.54, 1.807) is 0 Å². The number of hydrogen-bond acceptors (Lipinski definition) is 2. The average molecular weight is 378 g/mol. The molecule has 138 valence electrons.